The molecule has 1 amide bonds. The highest BCUT2D eigenvalue weighted by atomic mass is 16.6. The molecule has 1 saturated heterocycles. The van der Waals surface area contributed by atoms with Gasteiger partial charge in [0.15, 0.2) is 0 Å². The monoisotopic (exact) mass is 306 g/mol. The zero-order valence-corrected chi connectivity index (χ0v) is 12.1. The van der Waals surface area contributed by atoms with Gasteiger partial charge in [0, 0.05) is 36.9 Å². The maximum Gasteiger partial charge on any atom is 0.410 e. The molecule has 8 nitrogen and oxygen atoms in total. The van der Waals surface area contributed by atoms with Gasteiger partial charge in [-0.25, -0.2) is 9.59 Å². The van der Waals surface area contributed by atoms with Gasteiger partial charge in [0.2, 0.25) is 0 Å². The molecule has 8 heteroatoms. The van der Waals surface area contributed by atoms with Gasteiger partial charge in [-0.15, -0.1) is 0 Å². The minimum Gasteiger partial charge on any atom is -0.443 e. The normalized spacial score (nSPS) is 25.2. The number of nitrogens with zero attached hydrogens (tertiary/aromatic N) is 2. The average Bonchev–Trinajstić information content (AvgIpc) is 3.23. The van der Waals surface area contributed by atoms with Gasteiger partial charge in [0.05, 0.1) is 6.54 Å². The van der Waals surface area contributed by atoms with Crippen LogP contribution in [0.25, 0.3) is 0 Å². The van der Waals surface area contributed by atoms with Crippen molar-refractivity contribution in [1.82, 2.24) is 19.8 Å². The van der Waals surface area contributed by atoms with Crippen LogP contribution in [0.3, 0.4) is 0 Å². The van der Waals surface area contributed by atoms with E-state index < -0.39 is 5.69 Å². The number of aromatic nitrogens is 2. The first-order valence-electron chi connectivity index (χ1n) is 7.64. The molecular weight excluding hydrogens is 288 g/mol. The fourth-order valence-electron chi connectivity index (χ4n) is 3.30. The lowest BCUT2D eigenvalue weighted by atomic mass is 10.1. The first kappa shape index (κ1) is 13.6. The molecule has 1 aromatic rings. The van der Waals surface area contributed by atoms with E-state index >= 15 is 0 Å². The van der Waals surface area contributed by atoms with Gasteiger partial charge in [0.25, 0.3) is 5.56 Å². The highest BCUT2D eigenvalue weighted by molar-refractivity contribution is 5.70. The predicted octanol–water partition coefficient (Wildman–Crippen LogP) is -0.595. The third-order valence-corrected chi connectivity index (χ3v) is 4.54. The van der Waals surface area contributed by atoms with E-state index in [4.69, 9.17) is 4.74 Å². The molecule has 0 bridgehead atoms. The Morgan fingerprint density at radius 2 is 2.00 bits per heavy atom. The van der Waals surface area contributed by atoms with Crippen molar-refractivity contribution in [3.05, 3.63) is 32.1 Å². The second kappa shape index (κ2) is 4.98. The van der Waals surface area contributed by atoms with Crippen molar-refractivity contribution in [2.45, 2.75) is 38.0 Å². The summed E-state index contributed by atoms with van der Waals surface area (Å²) in [7, 11) is 0. The molecule has 1 saturated carbocycles. The smallest absolute Gasteiger partial charge is 0.410 e. The largest absolute Gasteiger partial charge is 0.443 e. The van der Waals surface area contributed by atoms with Gasteiger partial charge in [-0.3, -0.25) is 14.7 Å². The molecule has 2 fully saturated rings. The van der Waals surface area contributed by atoms with Crippen LogP contribution in [0.15, 0.2) is 9.59 Å². The zero-order valence-electron chi connectivity index (χ0n) is 12.1. The summed E-state index contributed by atoms with van der Waals surface area (Å²) < 4.78 is 5.42. The maximum absolute atomic E-state index is 11.8. The minimum atomic E-state index is -0.474. The van der Waals surface area contributed by atoms with Gasteiger partial charge < -0.3 is 14.6 Å². The van der Waals surface area contributed by atoms with Crippen LogP contribution in [0.2, 0.25) is 0 Å². The van der Waals surface area contributed by atoms with Crippen molar-refractivity contribution >= 4 is 6.09 Å². The summed E-state index contributed by atoms with van der Waals surface area (Å²) in [5, 5.41) is 0. The summed E-state index contributed by atoms with van der Waals surface area (Å²) in [5.41, 5.74) is 0.547. The zero-order chi connectivity index (χ0) is 15.3. The molecule has 1 aliphatic carbocycles. The quantitative estimate of drug-likeness (QED) is 0.777. The van der Waals surface area contributed by atoms with Gasteiger partial charge in [-0.05, 0) is 19.3 Å². The fourth-order valence-corrected chi connectivity index (χ4v) is 3.30. The molecule has 118 valence electrons. The Morgan fingerprint density at radius 3 is 2.77 bits per heavy atom. The summed E-state index contributed by atoms with van der Waals surface area (Å²) in [5.74, 6) is 0. The van der Waals surface area contributed by atoms with Crippen molar-refractivity contribution < 1.29 is 9.53 Å². The first-order chi connectivity index (χ1) is 10.6. The number of nitrogens with one attached hydrogen (secondary N) is 2. The summed E-state index contributed by atoms with van der Waals surface area (Å²) in [6.07, 6.45) is 2.39. The number of cyclic esters (lactones) is 1. The number of aromatic amines is 2. The molecule has 3 heterocycles. The Balaban J connectivity index is 1.44. The van der Waals surface area contributed by atoms with Crippen molar-refractivity contribution in [3.8, 4) is 0 Å². The molecule has 0 radical (unpaired) electrons. The van der Waals surface area contributed by atoms with Crippen LogP contribution in [-0.2, 0) is 17.7 Å². The van der Waals surface area contributed by atoms with Crippen molar-refractivity contribution in [1.29, 1.82) is 0 Å². The van der Waals surface area contributed by atoms with Gasteiger partial charge >= 0.3 is 11.8 Å². The number of fused-ring (bicyclic) bond motifs is 1. The first-order valence-corrected chi connectivity index (χ1v) is 7.64. The molecule has 2 aliphatic heterocycles. The van der Waals surface area contributed by atoms with Crippen LogP contribution >= 0.6 is 0 Å². The number of hydrogen-bond donors (Lipinski definition) is 2. The highest BCUT2D eigenvalue weighted by Gasteiger charge is 2.41. The summed E-state index contributed by atoms with van der Waals surface area (Å²) in [6, 6.07) is 0.370. The average molecular weight is 306 g/mol. The SMILES string of the molecule is O=C1OC(CN2CCc3c([nH]c(=O)[nH]c3=O)C2)CN1C1CC1. The number of rotatable bonds is 3. The number of amides is 1. The molecule has 0 aromatic carbocycles. The molecule has 3 aliphatic rings. The lowest BCUT2D eigenvalue weighted by molar-refractivity contribution is 0.101. The Kier molecular flexibility index (Phi) is 3.07. The van der Waals surface area contributed by atoms with E-state index in [9.17, 15) is 14.4 Å². The molecular formula is C14H18N4O4. The van der Waals surface area contributed by atoms with Gasteiger partial charge in [-0.1, -0.05) is 0 Å². The number of hydrogen-bond acceptors (Lipinski definition) is 5. The van der Waals surface area contributed by atoms with E-state index in [2.05, 4.69) is 14.9 Å². The molecule has 0 spiro atoms. The van der Waals surface area contributed by atoms with Gasteiger partial charge in [0.1, 0.15) is 6.10 Å². The second-order valence-corrected chi connectivity index (χ2v) is 6.24. The fraction of sp³-hybridized carbons (Fsp3) is 0.643. The van der Waals surface area contributed by atoms with E-state index in [0.717, 1.165) is 19.4 Å². The van der Waals surface area contributed by atoms with Crippen LogP contribution in [-0.4, -0.2) is 57.6 Å². The number of carbonyl (C=O) groups is 1. The van der Waals surface area contributed by atoms with Gasteiger partial charge in [-0.2, -0.15) is 0 Å². The Labute approximate surface area is 126 Å². The van der Waals surface area contributed by atoms with E-state index in [1.165, 1.54) is 0 Å². The molecule has 1 unspecified atom stereocenters. The molecule has 1 aromatic heterocycles. The topological polar surface area (TPSA) is 98.5 Å². The Bertz CT molecular complexity index is 720. The van der Waals surface area contributed by atoms with Crippen LogP contribution in [0.1, 0.15) is 24.1 Å². The summed E-state index contributed by atoms with van der Waals surface area (Å²) in [4.78, 5) is 43.8. The number of carbonyl (C=O) groups excluding carboxylic acids is 1. The Morgan fingerprint density at radius 1 is 1.18 bits per heavy atom. The third-order valence-electron chi connectivity index (χ3n) is 4.54. The lowest BCUT2D eigenvalue weighted by Gasteiger charge is -2.28. The van der Waals surface area contributed by atoms with Crippen molar-refractivity contribution in [2.24, 2.45) is 0 Å². The van der Waals surface area contributed by atoms with Crippen LogP contribution in [0, 0.1) is 0 Å². The van der Waals surface area contributed by atoms with E-state index in [0.29, 0.717) is 43.4 Å². The molecule has 1 atom stereocenters. The Hall–Kier alpha value is -2.09. The van der Waals surface area contributed by atoms with E-state index in [1.807, 2.05) is 4.90 Å². The number of H-pyrrole nitrogens is 2. The standard InChI is InChI=1S/C14H18N4O4/c19-12-10-3-4-17(7-11(10)15-13(20)16-12)5-9-6-18(8-1-2-8)14(21)22-9/h8-9H,1-7H2,(H2,15,16,19,20). The third kappa shape index (κ3) is 2.43. The van der Waals surface area contributed by atoms with Crippen molar-refractivity contribution in [3.63, 3.8) is 0 Å². The number of ether oxygens (including phenoxy) is 1. The molecule has 2 N–H and O–H groups in total. The maximum atomic E-state index is 11.8. The van der Waals surface area contributed by atoms with Crippen LogP contribution in [0.5, 0.6) is 0 Å². The minimum absolute atomic E-state index is 0.136. The predicted molar refractivity (Wildman–Crippen MR) is 76.7 cm³/mol. The highest BCUT2D eigenvalue weighted by Crippen LogP contribution is 2.31. The summed E-state index contributed by atoms with van der Waals surface area (Å²) >= 11 is 0. The van der Waals surface area contributed by atoms with Crippen molar-refractivity contribution in [2.75, 3.05) is 19.6 Å². The lowest BCUT2D eigenvalue weighted by Crippen LogP contribution is -2.42. The molecule has 4 rings (SSSR count). The summed E-state index contributed by atoms with van der Waals surface area (Å²) in [6.45, 7) is 2.49. The van der Waals surface area contributed by atoms with E-state index in [1.54, 1.807) is 0 Å². The van der Waals surface area contributed by atoms with E-state index in [-0.39, 0.29) is 17.8 Å². The second-order valence-electron chi connectivity index (χ2n) is 6.24. The van der Waals surface area contributed by atoms with Crippen LogP contribution < -0.4 is 11.2 Å². The molecule has 22 heavy (non-hydrogen) atoms. The van der Waals surface area contributed by atoms with Crippen LogP contribution in [0.4, 0.5) is 4.79 Å².